The number of aryl methyl sites for hydroxylation is 1. The summed E-state index contributed by atoms with van der Waals surface area (Å²) in [6.45, 7) is 6.54. The molecular formula is C19H29Cl2N3O3. The molecule has 6 nitrogen and oxygen atoms in total. The van der Waals surface area contributed by atoms with E-state index >= 15 is 0 Å². The molecule has 0 atom stereocenters. The molecule has 2 aromatic rings. The van der Waals surface area contributed by atoms with Crippen LogP contribution in [0.5, 0.6) is 5.75 Å². The summed E-state index contributed by atoms with van der Waals surface area (Å²) in [6.07, 6.45) is 8.02. The van der Waals surface area contributed by atoms with Crippen LogP contribution in [-0.2, 0) is 4.74 Å². The van der Waals surface area contributed by atoms with Gasteiger partial charge in [0.05, 0.1) is 31.4 Å². The molecule has 8 heteroatoms. The van der Waals surface area contributed by atoms with Gasteiger partial charge in [-0.25, -0.2) is 4.98 Å². The Bertz CT molecular complexity index is 701. The van der Waals surface area contributed by atoms with E-state index in [1.54, 1.807) is 19.5 Å². The zero-order valence-electron chi connectivity index (χ0n) is 16.1. The van der Waals surface area contributed by atoms with Crippen LogP contribution in [0.2, 0.25) is 0 Å². The van der Waals surface area contributed by atoms with Crippen molar-refractivity contribution in [1.82, 2.24) is 9.55 Å². The Morgan fingerprint density at radius 2 is 1.96 bits per heavy atom. The van der Waals surface area contributed by atoms with Crippen LogP contribution >= 0.6 is 24.8 Å². The van der Waals surface area contributed by atoms with Crippen molar-refractivity contribution in [2.45, 2.75) is 27.2 Å². The van der Waals surface area contributed by atoms with Crippen molar-refractivity contribution in [3.63, 3.8) is 0 Å². The third-order valence-electron chi connectivity index (χ3n) is 3.14. The molecule has 0 fully saturated rings. The maximum absolute atomic E-state index is 7.88. The number of aliphatic hydroxyl groups excluding tert-OH is 1. The monoisotopic (exact) mass is 417 g/mol. The lowest BCUT2D eigenvalue weighted by Crippen LogP contribution is -1.98. The maximum Gasteiger partial charge on any atom is 0.205 e. The zero-order valence-corrected chi connectivity index (χ0v) is 17.8. The summed E-state index contributed by atoms with van der Waals surface area (Å²) in [5.74, 6) is 0.892. The van der Waals surface area contributed by atoms with Crippen molar-refractivity contribution in [2.75, 3.05) is 20.3 Å². The van der Waals surface area contributed by atoms with Gasteiger partial charge in [-0.1, -0.05) is 13.0 Å². The molecule has 0 radical (unpaired) electrons. The third kappa shape index (κ3) is 9.47. The van der Waals surface area contributed by atoms with Gasteiger partial charge in [0.15, 0.2) is 0 Å². The van der Waals surface area contributed by atoms with E-state index in [1.807, 2.05) is 55.8 Å². The van der Waals surface area contributed by atoms with E-state index in [0.29, 0.717) is 13.2 Å². The van der Waals surface area contributed by atoms with Crippen LogP contribution in [0, 0.1) is 12.3 Å². The molecule has 2 N–H and O–H groups in total. The minimum Gasteiger partial charge on any atom is -0.495 e. The van der Waals surface area contributed by atoms with Crippen LogP contribution in [0.15, 0.2) is 36.8 Å². The molecule has 1 heterocycles. The number of aliphatic hydroxyl groups is 1. The van der Waals surface area contributed by atoms with Crippen LogP contribution in [0.25, 0.3) is 11.8 Å². The van der Waals surface area contributed by atoms with Gasteiger partial charge in [-0.05, 0) is 44.0 Å². The van der Waals surface area contributed by atoms with Crippen molar-refractivity contribution in [1.29, 1.82) is 5.41 Å². The molecule has 0 spiro atoms. The number of nitrogens with zero attached hydrogens (tertiary/aromatic N) is 2. The van der Waals surface area contributed by atoms with Crippen molar-refractivity contribution in [2.24, 2.45) is 0 Å². The number of aromatic nitrogens is 2. The molecule has 0 saturated heterocycles. The van der Waals surface area contributed by atoms with Gasteiger partial charge < -0.3 is 19.1 Å². The highest BCUT2D eigenvalue weighted by Gasteiger charge is 2.06. The van der Waals surface area contributed by atoms with Gasteiger partial charge in [0.25, 0.3) is 0 Å². The third-order valence-corrected chi connectivity index (χ3v) is 3.14. The molecule has 0 aliphatic carbocycles. The van der Waals surface area contributed by atoms with Crippen molar-refractivity contribution >= 4 is 36.8 Å². The largest absolute Gasteiger partial charge is 0.495 e. The quantitative estimate of drug-likeness (QED) is 0.537. The molecule has 2 rings (SSSR count). The maximum atomic E-state index is 7.88. The van der Waals surface area contributed by atoms with E-state index in [0.717, 1.165) is 29.1 Å². The van der Waals surface area contributed by atoms with Gasteiger partial charge in [-0.2, -0.15) is 0 Å². The smallest absolute Gasteiger partial charge is 0.205 e. The fraction of sp³-hybridized carbons (Fsp3) is 0.368. The minimum absolute atomic E-state index is 0. The number of halogens is 2. The normalized spacial score (nSPS) is 9.52. The lowest BCUT2D eigenvalue weighted by molar-refractivity contribution is 0.295. The first-order valence-corrected chi connectivity index (χ1v) is 8.24. The Morgan fingerprint density at radius 3 is 2.44 bits per heavy atom. The first kappa shape index (κ1) is 27.2. The number of ether oxygens (including phenoxy) is 2. The highest BCUT2D eigenvalue weighted by atomic mass is 35.5. The van der Waals surface area contributed by atoms with E-state index in [4.69, 9.17) is 20.0 Å². The lowest BCUT2D eigenvalue weighted by atomic mass is 10.1. The number of benzene rings is 1. The Balaban J connectivity index is 0. The number of methoxy groups -OCH3 is 1. The average molecular weight is 418 g/mol. The molecule has 27 heavy (non-hydrogen) atoms. The number of hydrogen-bond donors (Lipinski definition) is 2. The topological polar surface area (TPSA) is 80.4 Å². The SMILES string of the molecule is CCCO.CCOC(=N)/C=C/c1ccc(-n2cnc(C)c2)c(OC)c1.Cl.Cl. The summed E-state index contributed by atoms with van der Waals surface area (Å²) >= 11 is 0. The standard InChI is InChI=1S/C16H19N3O2.C3H8O.2ClH/c1-4-21-16(17)8-6-13-5-7-14(15(9-13)20-3)19-10-12(2)18-11-19;1-2-3-4;;/h5-11,17H,4H2,1-3H3;4H,2-3H2,1H3;2*1H/b8-6+,17-16?;;;. The van der Waals surface area contributed by atoms with Crippen molar-refractivity contribution in [3.8, 4) is 11.4 Å². The van der Waals surface area contributed by atoms with E-state index in [-0.39, 0.29) is 30.7 Å². The summed E-state index contributed by atoms with van der Waals surface area (Å²) in [4.78, 5) is 4.22. The summed E-state index contributed by atoms with van der Waals surface area (Å²) < 4.78 is 12.4. The van der Waals surface area contributed by atoms with Crippen LogP contribution in [0.3, 0.4) is 0 Å². The van der Waals surface area contributed by atoms with E-state index in [9.17, 15) is 0 Å². The summed E-state index contributed by atoms with van der Waals surface area (Å²) in [6, 6.07) is 5.84. The van der Waals surface area contributed by atoms with E-state index < -0.39 is 0 Å². The number of rotatable bonds is 6. The Hall–Kier alpha value is -2.02. The Morgan fingerprint density at radius 1 is 1.30 bits per heavy atom. The zero-order chi connectivity index (χ0) is 18.7. The summed E-state index contributed by atoms with van der Waals surface area (Å²) in [5, 5.41) is 15.4. The van der Waals surface area contributed by atoms with E-state index in [1.165, 1.54) is 0 Å². The van der Waals surface area contributed by atoms with Crippen LogP contribution in [0.4, 0.5) is 0 Å². The van der Waals surface area contributed by atoms with Crippen molar-refractivity contribution < 1.29 is 14.6 Å². The second kappa shape index (κ2) is 15.1. The highest BCUT2D eigenvalue weighted by molar-refractivity contribution is 5.89. The Kier molecular flexibility index (Phi) is 15.2. The predicted octanol–water partition coefficient (Wildman–Crippen LogP) is 4.45. The molecule has 0 saturated carbocycles. The summed E-state index contributed by atoms with van der Waals surface area (Å²) in [5.41, 5.74) is 2.82. The molecule has 152 valence electrons. The molecule has 0 amide bonds. The molecule has 0 unspecified atom stereocenters. The number of imidazole rings is 1. The van der Waals surface area contributed by atoms with Gasteiger partial charge in [0, 0.05) is 18.9 Å². The second-order valence-electron chi connectivity index (χ2n) is 5.21. The molecular weight excluding hydrogens is 389 g/mol. The second-order valence-corrected chi connectivity index (χ2v) is 5.21. The molecule has 1 aromatic carbocycles. The molecule has 0 aliphatic heterocycles. The highest BCUT2D eigenvalue weighted by Crippen LogP contribution is 2.25. The minimum atomic E-state index is 0. The lowest BCUT2D eigenvalue weighted by Gasteiger charge is -2.10. The Labute approximate surface area is 173 Å². The fourth-order valence-corrected chi connectivity index (χ4v) is 1.94. The van der Waals surface area contributed by atoms with Gasteiger partial charge in [-0.15, -0.1) is 24.8 Å². The first-order chi connectivity index (χ1) is 12.0. The van der Waals surface area contributed by atoms with Crippen LogP contribution < -0.4 is 4.74 Å². The van der Waals surface area contributed by atoms with Crippen LogP contribution in [-0.4, -0.2) is 40.9 Å². The van der Waals surface area contributed by atoms with E-state index in [2.05, 4.69) is 4.98 Å². The number of nitrogens with one attached hydrogen (secondary N) is 1. The van der Waals surface area contributed by atoms with Crippen LogP contribution in [0.1, 0.15) is 31.5 Å². The molecule has 0 bridgehead atoms. The predicted molar refractivity (Wildman–Crippen MR) is 115 cm³/mol. The average Bonchev–Trinajstić information content (AvgIpc) is 3.06. The van der Waals surface area contributed by atoms with Gasteiger partial charge in [-0.3, -0.25) is 5.41 Å². The van der Waals surface area contributed by atoms with Gasteiger partial charge in [0.2, 0.25) is 5.90 Å². The fourth-order valence-electron chi connectivity index (χ4n) is 1.94. The molecule has 1 aromatic heterocycles. The number of hydrogen-bond acceptors (Lipinski definition) is 5. The van der Waals surface area contributed by atoms with Gasteiger partial charge >= 0.3 is 0 Å². The molecule has 0 aliphatic rings. The summed E-state index contributed by atoms with van der Waals surface area (Å²) in [7, 11) is 1.64. The van der Waals surface area contributed by atoms with Crippen molar-refractivity contribution in [3.05, 3.63) is 48.1 Å². The van der Waals surface area contributed by atoms with Gasteiger partial charge in [0.1, 0.15) is 5.75 Å². The first-order valence-electron chi connectivity index (χ1n) is 8.24.